The Labute approximate surface area is 129 Å². The lowest BCUT2D eigenvalue weighted by Gasteiger charge is -2.41. The van der Waals surface area contributed by atoms with E-state index in [2.05, 4.69) is 4.74 Å². The normalized spacial score (nSPS) is 16.8. The second-order valence-electron chi connectivity index (χ2n) is 4.19. The second-order valence-corrected chi connectivity index (χ2v) is 4.19. The van der Waals surface area contributed by atoms with Crippen LogP contribution in [0.25, 0.3) is 0 Å². The fourth-order valence-corrected chi connectivity index (χ4v) is 1.66. The van der Waals surface area contributed by atoms with Crippen molar-refractivity contribution in [3.8, 4) is 0 Å². The minimum absolute atomic E-state index is 0.0197. The fraction of sp³-hybridized carbons (Fsp3) is 1.00. The molecule has 0 aromatic heterocycles. The summed E-state index contributed by atoms with van der Waals surface area (Å²) >= 11 is 0. The van der Waals surface area contributed by atoms with Gasteiger partial charge in [0.05, 0.1) is 32.1 Å². The molecule has 0 amide bonds. The van der Waals surface area contributed by atoms with Gasteiger partial charge in [0.2, 0.25) is 0 Å². The Morgan fingerprint density at radius 1 is 0.480 bits per heavy atom. The molecule has 152 valence electrons. The molecule has 25 heavy (non-hydrogen) atoms. The van der Waals surface area contributed by atoms with Crippen LogP contribution >= 0.6 is 0 Å². The molecular formula is C6H8F12N6O. The highest BCUT2D eigenvalue weighted by Gasteiger charge is 2.65. The highest BCUT2D eigenvalue weighted by atomic mass is 19.4. The molecule has 0 aromatic rings. The summed E-state index contributed by atoms with van der Waals surface area (Å²) in [6, 6.07) is 0. The number of halogens is 12. The van der Waals surface area contributed by atoms with E-state index in [-0.39, 0.29) is 13.8 Å². The van der Waals surface area contributed by atoms with E-state index < -0.39 is 55.8 Å². The Morgan fingerprint density at radius 3 is 0.760 bits per heavy atom. The van der Waals surface area contributed by atoms with Gasteiger partial charge < -0.3 is 4.74 Å². The summed E-state index contributed by atoms with van der Waals surface area (Å²) in [5.74, 6) is -10.2. The molecule has 0 heterocycles. The van der Waals surface area contributed by atoms with Gasteiger partial charge in [0.15, 0.2) is 0 Å². The molecule has 7 nitrogen and oxygen atoms in total. The Morgan fingerprint density at radius 2 is 0.640 bits per heavy atom. The van der Waals surface area contributed by atoms with Crippen LogP contribution in [0, 0.1) is 0 Å². The van der Waals surface area contributed by atoms with E-state index in [1.807, 2.05) is 0 Å². The molecule has 19 heteroatoms. The third-order valence-electron chi connectivity index (χ3n) is 2.99. The van der Waals surface area contributed by atoms with Crippen molar-refractivity contribution in [3.63, 3.8) is 0 Å². The van der Waals surface area contributed by atoms with Crippen molar-refractivity contribution < 1.29 is 58.5 Å². The van der Waals surface area contributed by atoms with E-state index in [4.69, 9.17) is 0 Å². The summed E-state index contributed by atoms with van der Waals surface area (Å²) in [5, 5.41) is -17.1. The lowest BCUT2D eigenvalue weighted by atomic mass is 10.2. The molecule has 2 atom stereocenters. The lowest BCUT2D eigenvalue weighted by Crippen LogP contribution is -2.68. The molecule has 0 spiro atoms. The van der Waals surface area contributed by atoms with Crippen molar-refractivity contribution in [2.45, 2.75) is 37.6 Å². The Hall–Kier alpha value is -1.12. The van der Waals surface area contributed by atoms with Crippen molar-refractivity contribution in [2.75, 3.05) is 0 Å². The van der Waals surface area contributed by atoms with Gasteiger partial charge in [-0.25, -0.2) is 0 Å². The number of ether oxygens (including phenoxy) is 1. The number of nitrogens with zero attached hydrogens (tertiary/aromatic N) is 6. The van der Waals surface area contributed by atoms with Gasteiger partial charge in [-0.15, -0.1) is 0 Å². The number of rotatable bonds is 10. The smallest absolute Gasteiger partial charge is 0.330 e. The summed E-state index contributed by atoms with van der Waals surface area (Å²) in [5.41, 5.74) is 0. The third kappa shape index (κ3) is 3.85. The predicted molar refractivity (Wildman–Crippen MR) is 49.8 cm³/mol. The fourth-order valence-electron chi connectivity index (χ4n) is 1.66. The van der Waals surface area contributed by atoms with Crippen molar-refractivity contribution >= 4 is 0 Å². The second kappa shape index (κ2) is 8.51. The van der Waals surface area contributed by atoms with Crippen molar-refractivity contribution in [2.24, 2.45) is 0 Å². The van der Waals surface area contributed by atoms with Crippen LogP contribution in [0.2, 0.25) is 0 Å². The van der Waals surface area contributed by atoms with E-state index in [1.165, 1.54) is 0 Å². The van der Waals surface area contributed by atoms with Gasteiger partial charge in [0.25, 0.3) is 0 Å². The monoisotopic (exact) mass is 408 g/mol. The molecule has 0 aliphatic heterocycles. The van der Waals surface area contributed by atoms with Crippen LogP contribution in [-0.4, -0.2) is 55.8 Å². The van der Waals surface area contributed by atoms with Crippen molar-refractivity contribution in [1.29, 1.82) is 0 Å². The van der Waals surface area contributed by atoms with E-state index in [9.17, 15) is 53.8 Å². The first-order valence-corrected chi connectivity index (χ1v) is 5.57. The maximum Gasteiger partial charge on any atom is 0.330 e. The SMILES string of the molecule is CC(OC(C)C(N(F)F)(N(F)F)N(F)F)C(N(F)F)(N(F)F)N(F)F. The molecule has 0 fully saturated rings. The lowest BCUT2D eigenvalue weighted by molar-refractivity contribution is -0.518. The van der Waals surface area contributed by atoms with Gasteiger partial charge >= 0.3 is 11.6 Å². The number of hydrogen-bond donors (Lipinski definition) is 0. The average molecular weight is 408 g/mol. The highest BCUT2D eigenvalue weighted by Crippen LogP contribution is 2.39. The van der Waals surface area contributed by atoms with Gasteiger partial charge in [-0.1, -0.05) is 53.8 Å². The summed E-state index contributed by atoms with van der Waals surface area (Å²) in [4.78, 5) is 0. The van der Waals surface area contributed by atoms with Crippen LogP contribution in [0.3, 0.4) is 0 Å². The van der Waals surface area contributed by atoms with E-state index in [0.29, 0.717) is 0 Å². The van der Waals surface area contributed by atoms with E-state index in [1.54, 1.807) is 0 Å². The van der Waals surface area contributed by atoms with Crippen LogP contribution in [0.4, 0.5) is 53.8 Å². The molecule has 2 unspecified atom stereocenters. The zero-order valence-corrected chi connectivity index (χ0v) is 11.8. The summed E-state index contributed by atoms with van der Waals surface area (Å²) in [6.07, 6.45) is -6.61. The van der Waals surface area contributed by atoms with Crippen molar-refractivity contribution in [3.05, 3.63) is 0 Å². The van der Waals surface area contributed by atoms with Gasteiger partial charge in [0.1, 0.15) is 12.2 Å². The van der Waals surface area contributed by atoms with Crippen LogP contribution < -0.4 is 0 Å². The molecule has 0 radical (unpaired) electrons. The quantitative estimate of drug-likeness (QED) is 0.311. The maximum atomic E-state index is 12.6. The Balaban J connectivity index is 5.93. The van der Waals surface area contributed by atoms with Crippen LogP contribution in [0.5, 0.6) is 0 Å². The first-order chi connectivity index (χ1) is 11.2. The zero-order chi connectivity index (χ0) is 20.3. The van der Waals surface area contributed by atoms with Gasteiger partial charge in [-0.05, 0) is 13.8 Å². The van der Waals surface area contributed by atoms with E-state index in [0.717, 1.165) is 0 Å². The minimum atomic E-state index is -5.09. The zero-order valence-electron chi connectivity index (χ0n) is 11.8. The van der Waals surface area contributed by atoms with Crippen LogP contribution in [0.15, 0.2) is 0 Å². The number of hydrogen-bond acceptors (Lipinski definition) is 7. The van der Waals surface area contributed by atoms with Gasteiger partial charge in [-0.3, -0.25) is 0 Å². The first-order valence-electron chi connectivity index (χ1n) is 5.57. The van der Waals surface area contributed by atoms with Crippen LogP contribution in [-0.2, 0) is 4.74 Å². The maximum absolute atomic E-state index is 12.6. The summed E-state index contributed by atoms with van der Waals surface area (Å²) < 4.78 is 155. The van der Waals surface area contributed by atoms with E-state index >= 15 is 0 Å². The summed E-state index contributed by atoms with van der Waals surface area (Å²) in [7, 11) is 0. The molecule has 0 rings (SSSR count). The summed E-state index contributed by atoms with van der Waals surface area (Å²) in [6.45, 7) is -0.0394. The molecule has 0 bridgehead atoms. The first kappa shape index (κ1) is 23.9. The Kier molecular flexibility index (Phi) is 8.13. The topological polar surface area (TPSA) is 28.7 Å². The molecular weight excluding hydrogens is 400 g/mol. The molecule has 0 saturated carbocycles. The molecule has 0 aliphatic rings. The highest BCUT2D eigenvalue weighted by molar-refractivity contribution is 4.84. The predicted octanol–water partition coefficient (Wildman–Crippen LogP) is 3.51. The third-order valence-corrected chi connectivity index (χ3v) is 2.99. The Bertz CT molecular complexity index is 332. The van der Waals surface area contributed by atoms with Crippen molar-refractivity contribution in [1.82, 2.24) is 32.1 Å². The van der Waals surface area contributed by atoms with Crippen LogP contribution in [0.1, 0.15) is 13.8 Å². The molecule has 0 aromatic carbocycles. The standard InChI is InChI=1S/C6H8F12N6O/c1-3(5(19(7)8,20(9)10)21(11)12)25-4(2)6(22(13)14,23(15)16)24(17)18/h3-4H,1-2H3. The van der Waals surface area contributed by atoms with Gasteiger partial charge in [0, 0.05) is 0 Å². The average Bonchev–Trinajstić information content (AvgIpc) is 2.36. The molecule has 0 aliphatic carbocycles. The molecule has 0 N–H and O–H groups in total. The minimum Gasteiger partial charge on any atom is -0.365 e. The van der Waals surface area contributed by atoms with Gasteiger partial charge in [-0.2, -0.15) is 0 Å². The molecule has 0 saturated heterocycles. The largest absolute Gasteiger partial charge is 0.365 e.